The molecule has 0 bridgehead atoms. The van der Waals surface area contributed by atoms with E-state index in [1.807, 2.05) is 0 Å². The minimum absolute atomic E-state index is 0.225. The largest absolute Gasteiger partial charge is 0.481 e. The van der Waals surface area contributed by atoms with Crippen molar-refractivity contribution in [3.63, 3.8) is 0 Å². The highest BCUT2D eigenvalue weighted by Gasteiger charge is 2.32. The highest BCUT2D eigenvalue weighted by Crippen LogP contribution is 2.05. The fourth-order valence-corrected chi connectivity index (χ4v) is 1.48. The van der Waals surface area contributed by atoms with Crippen LogP contribution in [-0.2, 0) is 24.0 Å². The molecule has 0 saturated carbocycles. The fraction of sp³-hybridized carbons (Fsp3) is 0.545. The van der Waals surface area contributed by atoms with E-state index in [4.69, 9.17) is 26.8 Å². The Balaban J connectivity index is 5.05. The number of nitrogens with two attached hydrogens (primary N) is 2. The summed E-state index contributed by atoms with van der Waals surface area (Å²) in [5.41, 5.74) is 10.7. The summed E-state index contributed by atoms with van der Waals surface area (Å²) in [5, 5.41) is 25.8. The lowest BCUT2D eigenvalue weighted by Gasteiger charge is -2.24. The minimum Gasteiger partial charge on any atom is -0.481 e. The zero-order valence-electron chi connectivity index (χ0n) is 11.5. The molecule has 124 valence electrons. The maximum absolute atomic E-state index is 11.9. The summed E-state index contributed by atoms with van der Waals surface area (Å²) < 4.78 is 0. The van der Waals surface area contributed by atoms with E-state index in [0.29, 0.717) is 0 Å². The average Bonchev–Trinajstić information content (AvgIpc) is 2.39. The van der Waals surface area contributed by atoms with Gasteiger partial charge in [-0.3, -0.25) is 28.9 Å². The van der Waals surface area contributed by atoms with E-state index in [-0.39, 0.29) is 11.3 Å². The zero-order valence-corrected chi connectivity index (χ0v) is 11.5. The Kier molecular flexibility index (Phi) is 7.69. The Morgan fingerprint density at radius 1 is 0.818 bits per heavy atom. The summed E-state index contributed by atoms with van der Waals surface area (Å²) >= 11 is 0. The molecule has 0 saturated heterocycles. The molecule has 0 aromatic rings. The lowest BCUT2D eigenvalue weighted by molar-refractivity contribution is -0.155. The van der Waals surface area contributed by atoms with Crippen molar-refractivity contribution in [2.24, 2.45) is 11.5 Å². The molecule has 0 heterocycles. The van der Waals surface area contributed by atoms with Crippen LogP contribution in [0.25, 0.3) is 0 Å². The Bertz CT molecular complexity index is 478. The molecule has 0 aliphatic carbocycles. The zero-order chi connectivity index (χ0) is 17.4. The number of amides is 2. The van der Waals surface area contributed by atoms with Gasteiger partial charge in [-0.2, -0.15) is 0 Å². The predicted octanol–water partition coefficient (Wildman–Crippen LogP) is -2.58. The van der Waals surface area contributed by atoms with Gasteiger partial charge in [0.15, 0.2) is 0 Å². The van der Waals surface area contributed by atoms with Gasteiger partial charge in [-0.1, -0.05) is 0 Å². The summed E-state index contributed by atoms with van der Waals surface area (Å²) in [6.45, 7) is -1.05. The normalized spacial score (nSPS) is 13.0. The second-order valence-electron chi connectivity index (χ2n) is 4.40. The molecular weight excluding hydrogens is 302 g/mol. The van der Waals surface area contributed by atoms with Crippen molar-refractivity contribution in [1.82, 2.24) is 4.90 Å². The smallest absolute Gasteiger partial charge is 0.323 e. The fourth-order valence-electron chi connectivity index (χ4n) is 1.48. The summed E-state index contributed by atoms with van der Waals surface area (Å²) in [6.07, 6.45) is -1.57. The molecule has 0 spiro atoms. The SMILES string of the molecule is NC(CCC(=O)O)C(=O)N(CC(=O)O)C(=O)C(N)CC(=O)O. The van der Waals surface area contributed by atoms with Gasteiger partial charge >= 0.3 is 17.9 Å². The van der Waals surface area contributed by atoms with Gasteiger partial charge in [0.05, 0.1) is 18.5 Å². The van der Waals surface area contributed by atoms with Gasteiger partial charge in [-0.15, -0.1) is 0 Å². The first-order valence-electron chi connectivity index (χ1n) is 6.08. The van der Waals surface area contributed by atoms with Crippen molar-refractivity contribution < 1.29 is 39.3 Å². The van der Waals surface area contributed by atoms with E-state index >= 15 is 0 Å². The third-order valence-electron chi connectivity index (χ3n) is 2.52. The highest BCUT2D eigenvalue weighted by molar-refractivity contribution is 6.03. The Morgan fingerprint density at radius 2 is 1.32 bits per heavy atom. The number of carboxylic acid groups (broad SMARTS) is 3. The summed E-state index contributed by atoms with van der Waals surface area (Å²) in [5.74, 6) is -6.49. The van der Waals surface area contributed by atoms with Crippen LogP contribution in [0.4, 0.5) is 0 Å². The number of rotatable bonds is 9. The van der Waals surface area contributed by atoms with Gasteiger partial charge < -0.3 is 26.8 Å². The van der Waals surface area contributed by atoms with Gasteiger partial charge in [0, 0.05) is 6.42 Å². The van der Waals surface area contributed by atoms with Crippen LogP contribution in [0.1, 0.15) is 19.3 Å². The van der Waals surface area contributed by atoms with Crippen molar-refractivity contribution in [1.29, 1.82) is 0 Å². The second kappa shape index (κ2) is 8.69. The molecule has 0 aromatic heterocycles. The molecule has 2 atom stereocenters. The number of carbonyl (C=O) groups is 5. The van der Waals surface area contributed by atoms with E-state index in [9.17, 15) is 24.0 Å². The second-order valence-corrected chi connectivity index (χ2v) is 4.40. The number of aliphatic carboxylic acids is 3. The molecule has 2 unspecified atom stereocenters. The van der Waals surface area contributed by atoms with Crippen molar-refractivity contribution >= 4 is 29.7 Å². The molecule has 0 aliphatic heterocycles. The van der Waals surface area contributed by atoms with Crippen LogP contribution in [0.5, 0.6) is 0 Å². The molecule has 0 fully saturated rings. The summed E-state index contributed by atoms with van der Waals surface area (Å²) in [4.78, 5) is 55.7. The Labute approximate surface area is 124 Å². The molecule has 22 heavy (non-hydrogen) atoms. The first-order valence-corrected chi connectivity index (χ1v) is 6.08. The van der Waals surface area contributed by atoms with Crippen molar-refractivity contribution in [3.8, 4) is 0 Å². The van der Waals surface area contributed by atoms with E-state index in [1.54, 1.807) is 0 Å². The number of imide groups is 1. The van der Waals surface area contributed by atoms with Crippen molar-refractivity contribution in [3.05, 3.63) is 0 Å². The number of carboxylic acids is 3. The molecule has 7 N–H and O–H groups in total. The van der Waals surface area contributed by atoms with Crippen LogP contribution in [0.2, 0.25) is 0 Å². The van der Waals surface area contributed by atoms with Crippen LogP contribution in [0, 0.1) is 0 Å². The predicted molar refractivity (Wildman–Crippen MR) is 69.4 cm³/mol. The number of hydrogen-bond acceptors (Lipinski definition) is 7. The molecule has 0 rings (SSSR count). The van der Waals surface area contributed by atoms with Gasteiger partial charge in [-0.05, 0) is 6.42 Å². The number of nitrogens with zero attached hydrogens (tertiary/aromatic N) is 1. The minimum atomic E-state index is -1.62. The van der Waals surface area contributed by atoms with Crippen LogP contribution in [0.15, 0.2) is 0 Å². The third-order valence-corrected chi connectivity index (χ3v) is 2.52. The number of carbonyl (C=O) groups excluding carboxylic acids is 2. The van der Waals surface area contributed by atoms with Crippen LogP contribution in [-0.4, -0.2) is 68.6 Å². The lowest BCUT2D eigenvalue weighted by atomic mass is 10.1. The Hall–Kier alpha value is -2.53. The first-order chi connectivity index (χ1) is 10.1. The molecule has 0 radical (unpaired) electrons. The highest BCUT2D eigenvalue weighted by atomic mass is 16.4. The third kappa shape index (κ3) is 6.76. The van der Waals surface area contributed by atoms with Gasteiger partial charge in [-0.25, -0.2) is 0 Å². The quantitative estimate of drug-likeness (QED) is 0.300. The number of hydrogen-bond donors (Lipinski definition) is 5. The van der Waals surface area contributed by atoms with E-state index < -0.39 is 61.2 Å². The van der Waals surface area contributed by atoms with Gasteiger partial charge in [0.25, 0.3) is 0 Å². The summed E-state index contributed by atoms with van der Waals surface area (Å²) in [7, 11) is 0. The van der Waals surface area contributed by atoms with Crippen molar-refractivity contribution in [2.45, 2.75) is 31.3 Å². The van der Waals surface area contributed by atoms with Crippen LogP contribution in [0.3, 0.4) is 0 Å². The monoisotopic (exact) mass is 319 g/mol. The lowest BCUT2D eigenvalue weighted by Crippen LogP contribution is -2.54. The maximum Gasteiger partial charge on any atom is 0.323 e. The maximum atomic E-state index is 11.9. The van der Waals surface area contributed by atoms with Gasteiger partial charge in [0.2, 0.25) is 11.8 Å². The average molecular weight is 319 g/mol. The van der Waals surface area contributed by atoms with Crippen molar-refractivity contribution in [2.75, 3.05) is 6.54 Å². The van der Waals surface area contributed by atoms with Gasteiger partial charge in [0.1, 0.15) is 6.54 Å². The molecule has 11 heteroatoms. The summed E-state index contributed by atoms with van der Waals surface area (Å²) in [6, 6.07) is -3.04. The molecule has 11 nitrogen and oxygen atoms in total. The first kappa shape index (κ1) is 19.5. The van der Waals surface area contributed by atoms with Crippen LogP contribution < -0.4 is 11.5 Å². The molecule has 0 aromatic carbocycles. The van der Waals surface area contributed by atoms with Crippen LogP contribution >= 0.6 is 0 Å². The molecular formula is C11H17N3O8. The van der Waals surface area contributed by atoms with E-state index in [2.05, 4.69) is 0 Å². The molecule has 2 amide bonds. The standard InChI is InChI=1S/C11H17N3O8/c12-5(1-2-7(15)16)10(21)14(4-9(19)20)11(22)6(13)3-8(17)18/h5-6H,1-4,12-13H2,(H,15,16)(H,17,18)(H,19,20). The van der Waals surface area contributed by atoms with E-state index in [0.717, 1.165) is 0 Å². The molecule has 0 aliphatic rings. The Morgan fingerprint density at radius 3 is 1.73 bits per heavy atom. The topological polar surface area (TPSA) is 201 Å². The van der Waals surface area contributed by atoms with E-state index in [1.165, 1.54) is 0 Å².